The minimum absolute atomic E-state index is 0. The second-order valence-corrected chi connectivity index (χ2v) is 4.12. The maximum Gasteiger partial charge on any atom is 0.230 e. The van der Waals surface area contributed by atoms with Crippen LogP contribution in [-0.2, 0) is 11.9 Å². The van der Waals surface area contributed by atoms with Gasteiger partial charge in [0, 0.05) is 26.0 Å². The predicted octanol–water partition coefficient (Wildman–Crippen LogP) is 2.33. The van der Waals surface area contributed by atoms with Crippen LogP contribution in [0, 0.1) is 0 Å². The molecule has 0 aliphatic rings. The molecule has 2 heterocycles. The van der Waals surface area contributed by atoms with Gasteiger partial charge in [-0.05, 0) is 13.0 Å². The van der Waals surface area contributed by atoms with Crippen LogP contribution in [-0.4, -0.2) is 28.7 Å². The van der Waals surface area contributed by atoms with Crippen molar-refractivity contribution >= 4 is 35.2 Å². The van der Waals surface area contributed by atoms with Gasteiger partial charge in [0.05, 0.1) is 12.5 Å². The summed E-state index contributed by atoms with van der Waals surface area (Å²) in [6, 6.07) is 1.96. The molecule has 0 aromatic carbocycles. The fourth-order valence-electron chi connectivity index (χ4n) is 1.69. The smallest absolute Gasteiger partial charge is 0.230 e. The average Bonchev–Trinajstić information content (AvgIpc) is 2.69. The van der Waals surface area contributed by atoms with Gasteiger partial charge in [0.25, 0.3) is 0 Å². The first kappa shape index (κ1) is 15.3. The maximum atomic E-state index is 5.20. The van der Waals surface area contributed by atoms with Crippen LogP contribution in [0.25, 0.3) is 11.0 Å². The first-order valence-electron chi connectivity index (χ1n) is 5.56. The van der Waals surface area contributed by atoms with Gasteiger partial charge in [-0.15, -0.1) is 12.4 Å². The molecule has 0 fully saturated rings. The van der Waals surface area contributed by atoms with Crippen molar-refractivity contribution in [3.8, 4) is 0 Å². The molecule has 2 aromatic heterocycles. The third kappa shape index (κ3) is 2.97. The lowest BCUT2D eigenvalue weighted by Gasteiger charge is -2.16. The lowest BCUT2D eigenvalue weighted by Crippen LogP contribution is -2.17. The van der Waals surface area contributed by atoms with Crippen molar-refractivity contribution < 1.29 is 4.84 Å². The van der Waals surface area contributed by atoms with Gasteiger partial charge in [0.1, 0.15) is 5.65 Å². The lowest BCUT2D eigenvalue weighted by molar-refractivity contribution is 0.183. The van der Waals surface area contributed by atoms with Gasteiger partial charge in [-0.3, -0.25) is 4.84 Å². The zero-order valence-electron chi connectivity index (χ0n) is 11.5. The topological polar surface area (TPSA) is 55.2 Å². The summed E-state index contributed by atoms with van der Waals surface area (Å²) in [5.41, 5.74) is 1.63. The largest absolute Gasteiger partial charge is 0.335 e. The van der Waals surface area contributed by atoms with Crippen LogP contribution < -0.4 is 10.4 Å². The minimum Gasteiger partial charge on any atom is -0.335 e. The molecule has 2 rings (SSSR count). The van der Waals surface area contributed by atoms with Crippen molar-refractivity contribution in [2.75, 3.05) is 24.5 Å². The van der Waals surface area contributed by atoms with Crippen molar-refractivity contribution in [3.63, 3.8) is 0 Å². The van der Waals surface area contributed by atoms with Crippen molar-refractivity contribution in [1.82, 2.24) is 14.5 Å². The molecule has 0 saturated carbocycles. The van der Waals surface area contributed by atoms with E-state index in [1.165, 1.54) is 0 Å². The molecule has 1 N–H and O–H groups in total. The molecule has 0 bridgehead atoms. The van der Waals surface area contributed by atoms with E-state index in [0.29, 0.717) is 11.8 Å². The molecular formula is C12H18ClN5O. The molecule has 0 radical (unpaired) electrons. The Morgan fingerprint density at radius 1 is 1.47 bits per heavy atom. The molecular weight excluding hydrogens is 266 g/mol. The number of nitrogens with one attached hydrogen (secondary N) is 1. The third-order valence-corrected chi connectivity index (χ3v) is 2.60. The predicted molar refractivity (Wildman–Crippen MR) is 79.6 cm³/mol. The Morgan fingerprint density at radius 2 is 2.16 bits per heavy atom. The minimum atomic E-state index is 0. The van der Waals surface area contributed by atoms with Gasteiger partial charge in [-0.1, -0.05) is 6.58 Å². The SMILES string of the molecule is C=C(C)Nc1nc(N(C)OC)c2ccn(C)c2n1.Cl. The molecule has 0 aliphatic carbocycles. The van der Waals surface area contributed by atoms with Crippen molar-refractivity contribution in [3.05, 3.63) is 24.5 Å². The number of nitrogens with zero attached hydrogens (tertiary/aromatic N) is 4. The molecule has 19 heavy (non-hydrogen) atoms. The molecule has 0 spiro atoms. The summed E-state index contributed by atoms with van der Waals surface area (Å²) >= 11 is 0. The highest BCUT2D eigenvalue weighted by molar-refractivity contribution is 5.88. The van der Waals surface area contributed by atoms with E-state index in [1.807, 2.05) is 30.8 Å². The summed E-state index contributed by atoms with van der Waals surface area (Å²) in [4.78, 5) is 14.1. The van der Waals surface area contributed by atoms with Crippen LogP contribution in [0.2, 0.25) is 0 Å². The highest BCUT2D eigenvalue weighted by Gasteiger charge is 2.13. The van der Waals surface area contributed by atoms with E-state index in [1.54, 1.807) is 19.2 Å². The third-order valence-electron chi connectivity index (χ3n) is 2.60. The number of hydroxylamine groups is 1. The summed E-state index contributed by atoms with van der Waals surface area (Å²) in [5.74, 6) is 1.22. The fraction of sp³-hybridized carbons (Fsp3) is 0.333. The number of hydrogen-bond donors (Lipinski definition) is 1. The maximum absolute atomic E-state index is 5.20. The monoisotopic (exact) mass is 283 g/mol. The van der Waals surface area contributed by atoms with E-state index in [4.69, 9.17) is 4.84 Å². The molecule has 7 heteroatoms. The Morgan fingerprint density at radius 3 is 2.74 bits per heavy atom. The highest BCUT2D eigenvalue weighted by Crippen LogP contribution is 2.25. The number of hydrogen-bond acceptors (Lipinski definition) is 5. The average molecular weight is 284 g/mol. The zero-order chi connectivity index (χ0) is 13.3. The van der Waals surface area contributed by atoms with E-state index in [0.717, 1.165) is 16.7 Å². The van der Waals surface area contributed by atoms with Crippen LogP contribution in [0.5, 0.6) is 0 Å². The summed E-state index contributed by atoms with van der Waals surface area (Å²) < 4.78 is 1.94. The normalized spacial score (nSPS) is 10.1. The van der Waals surface area contributed by atoms with Crippen LogP contribution >= 0.6 is 12.4 Å². The Hall–Kier alpha value is -1.79. The van der Waals surface area contributed by atoms with E-state index in [-0.39, 0.29) is 12.4 Å². The summed E-state index contributed by atoms with van der Waals surface area (Å²) in [7, 11) is 5.35. The van der Waals surface area contributed by atoms with E-state index >= 15 is 0 Å². The number of rotatable bonds is 4. The lowest BCUT2D eigenvalue weighted by atomic mass is 10.4. The zero-order valence-corrected chi connectivity index (χ0v) is 12.3. The molecule has 2 aromatic rings. The second-order valence-electron chi connectivity index (χ2n) is 4.12. The number of fused-ring (bicyclic) bond motifs is 1. The highest BCUT2D eigenvalue weighted by atomic mass is 35.5. The van der Waals surface area contributed by atoms with E-state index in [9.17, 15) is 0 Å². The summed E-state index contributed by atoms with van der Waals surface area (Å²) in [5, 5.41) is 5.56. The van der Waals surface area contributed by atoms with Crippen molar-refractivity contribution in [2.24, 2.45) is 7.05 Å². The molecule has 0 unspecified atom stereocenters. The molecule has 104 valence electrons. The van der Waals surface area contributed by atoms with Gasteiger partial charge in [-0.25, -0.2) is 5.06 Å². The summed E-state index contributed by atoms with van der Waals surface area (Å²) in [6.07, 6.45) is 1.94. The van der Waals surface area contributed by atoms with Gasteiger partial charge < -0.3 is 9.88 Å². The number of allylic oxidation sites excluding steroid dienone is 1. The molecule has 0 saturated heterocycles. The van der Waals surface area contributed by atoms with Crippen LogP contribution in [0.1, 0.15) is 6.92 Å². The molecule has 0 aliphatic heterocycles. The first-order valence-corrected chi connectivity index (χ1v) is 5.56. The van der Waals surface area contributed by atoms with Gasteiger partial charge in [-0.2, -0.15) is 9.97 Å². The molecule has 0 amide bonds. The van der Waals surface area contributed by atoms with Crippen molar-refractivity contribution in [1.29, 1.82) is 0 Å². The van der Waals surface area contributed by atoms with Gasteiger partial charge >= 0.3 is 0 Å². The van der Waals surface area contributed by atoms with E-state index in [2.05, 4.69) is 21.9 Å². The first-order chi connectivity index (χ1) is 8.52. The quantitative estimate of drug-likeness (QED) is 0.873. The molecule has 6 nitrogen and oxygen atoms in total. The van der Waals surface area contributed by atoms with Crippen LogP contribution in [0.3, 0.4) is 0 Å². The Labute approximate surface area is 118 Å². The Balaban J connectivity index is 0.00000180. The number of aryl methyl sites for hydroxylation is 1. The fourth-order valence-corrected chi connectivity index (χ4v) is 1.69. The standard InChI is InChI=1S/C12H17N5O.ClH/c1-8(2)13-12-14-10-9(6-7-16(10)3)11(15-12)17(4)18-5;/h6-7H,1H2,2-5H3,(H,13,14,15);1H. The van der Waals surface area contributed by atoms with Crippen LogP contribution in [0.4, 0.5) is 11.8 Å². The molecule has 0 atom stereocenters. The van der Waals surface area contributed by atoms with Crippen molar-refractivity contribution in [2.45, 2.75) is 6.92 Å². The van der Waals surface area contributed by atoms with E-state index < -0.39 is 0 Å². The summed E-state index contributed by atoms with van der Waals surface area (Å²) in [6.45, 7) is 5.65. The Bertz CT molecular complexity index is 595. The Kier molecular flexibility index (Phi) is 4.74. The number of halogens is 1. The van der Waals surface area contributed by atoms with Gasteiger partial charge in [0.15, 0.2) is 5.82 Å². The number of aromatic nitrogens is 3. The van der Waals surface area contributed by atoms with Crippen LogP contribution in [0.15, 0.2) is 24.5 Å². The van der Waals surface area contributed by atoms with Gasteiger partial charge in [0.2, 0.25) is 5.95 Å². The second kappa shape index (κ2) is 5.90. The number of anilines is 2.